The highest BCUT2D eigenvalue weighted by atomic mass is 14.5. The van der Waals surface area contributed by atoms with Crippen LogP contribution < -0.4 is 0 Å². The van der Waals surface area contributed by atoms with Gasteiger partial charge in [0.25, 0.3) is 0 Å². The standard InChI is InChI=1S/C12H18/c1-3-4-5-12-9(2)10-6-7-11(12)8-10/h3,6-7,9-12H,1,4-5,8H2,2H3. The minimum absolute atomic E-state index is 0.907. The predicted octanol–water partition coefficient (Wildman–Crippen LogP) is 3.41. The van der Waals surface area contributed by atoms with Crippen LogP contribution in [-0.2, 0) is 0 Å². The Kier molecular flexibility index (Phi) is 2.08. The Morgan fingerprint density at radius 3 is 2.75 bits per heavy atom. The summed E-state index contributed by atoms with van der Waals surface area (Å²) in [5.41, 5.74) is 0. The van der Waals surface area contributed by atoms with Crippen LogP contribution in [0.3, 0.4) is 0 Å². The third-order valence-electron chi connectivity index (χ3n) is 3.75. The summed E-state index contributed by atoms with van der Waals surface area (Å²) in [6, 6.07) is 0. The van der Waals surface area contributed by atoms with Crippen LogP contribution in [0.5, 0.6) is 0 Å². The molecule has 2 rings (SSSR count). The normalized spacial score (nSPS) is 43.8. The monoisotopic (exact) mass is 162 g/mol. The summed E-state index contributed by atoms with van der Waals surface area (Å²) >= 11 is 0. The first-order valence-corrected chi connectivity index (χ1v) is 5.12. The topological polar surface area (TPSA) is 0 Å². The van der Waals surface area contributed by atoms with Gasteiger partial charge in [-0.15, -0.1) is 6.58 Å². The molecule has 12 heavy (non-hydrogen) atoms. The Morgan fingerprint density at radius 1 is 1.42 bits per heavy atom. The van der Waals surface area contributed by atoms with E-state index in [1.807, 2.05) is 0 Å². The lowest BCUT2D eigenvalue weighted by Crippen LogP contribution is -2.16. The van der Waals surface area contributed by atoms with Crippen molar-refractivity contribution in [3.8, 4) is 0 Å². The number of hydrogen-bond donors (Lipinski definition) is 0. The van der Waals surface area contributed by atoms with Crippen LogP contribution in [0.25, 0.3) is 0 Å². The lowest BCUT2D eigenvalue weighted by molar-refractivity contribution is 0.316. The second-order valence-electron chi connectivity index (χ2n) is 4.34. The smallest absolute Gasteiger partial charge is 0.0196 e. The number of allylic oxidation sites excluding steroid dienone is 3. The molecule has 2 aliphatic rings. The molecule has 0 radical (unpaired) electrons. The van der Waals surface area contributed by atoms with Gasteiger partial charge in [0.2, 0.25) is 0 Å². The minimum Gasteiger partial charge on any atom is -0.103 e. The molecule has 0 aliphatic heterocycles. The Morgan fingerprint density at radius 2 is 2.17 bits per heavy atom. The van der Waals surface area contributed by atoms with Gasteiger partial charge in [-0.2, -0.15) is 0 Å². The van der Waals surface area contributed by atoms with E-state index in [0.29, 0.717) is 0 Å². The van der Waals surface area contributed by atoms with Crippen LogP contribution >= 0.6 is 0 Å². The van der Waals surface area contributed by atoms with Crippen molar-refractivity contribution in [2.75, 3.05) is 0 Å². The van der Waals surface area contributed by atoms with Crippen molar-refractivity contribution in [3.05, 3.63) is 24.8 Å². The van der Waals surface area contributed by atoms with Gasteiger partial charge in [-0.3, -0.25) is 0 Å². The molecule has 2 aliphatic carbocycles. The third kappa shape index (κ3) is 1.14. The van der Waals surface area contributed by atoms with E-state index in [4.69, 9.17) is 0 Å². The van der Waals surface area contributed by atoms with Crippen molar-refractivity contribution in [1.82, 2.24) is 0 Å². The number of fused-ring (bicyclic) bond motifs is 2. The average molecular weight is 162 g/mol. The van der Waals surface area contributed by atoms with Crippen molar-refractivity contribution >= 4 is 0 Å². The number of rotatable bonds is 3. The van der Waals surface area contributed by atoms with Gasteiger partial charge in [-0.25, -0.2) is 0 Å². The highest BCUT2D eigenvalue weighted by Gasteiger charge is 2.40. The van der Waals surface area contributed by atoms with Gasteiger partial charge in [0.1, 0.15) is 0 Å². The van der Waals surface area contributed by atoms with E-state index >= 15 is 0 Å². The van der Waals surface area contributed by atoms with Crippen molar-refractivity contribution in [3.63, 3.8) is 0 Å². The lowest BCUT2D eigenvalue weighted by atomic mass is 9.81. The van der Waals surface area contributed by atoms with E-state index in [1.54, 1.807) is 0 Å². The predicted molar refractivity (Wildman–Crippen MR) is 52.8 cm³/mol. The van der Waals surface area contributed by atoms with Crippen LogP contribution in [0, 0.1) is 23.7 Å². The summed E-state index contributed by atoms with van der Waals surface area (Å²) < 4.78 is 0. The summed E-state index contributed by atoms with van der Waals surface area (Å²) in [5, 5.41) is 0. The summed E-state index contributed by atoms with van der Waals surface area (Å²) in [6.45, 7) is 6.21. The lowest BCUT2D eigenvalue weighted by Gasteiger charge is -2.24. The van der Waals surface area contributed by atoms with Crippen LogP contribution in [0.1, 0.15) is 26.2 Å². The van der Waals surface area contributed by atoms with Gasteiger partial charge in [-0.1, -0.05) is 25.2 Å². The molecule has 0 spiro atoms. The molecule has 4 unspecified atom stereocenters. The molecule has 4 atom stereocenters. The Bertz CT molecular complexity index is 202. The molecule has 0 N–H and O–H groups in total. The average Bonchev–Trinajstić information content (AvgIpc) is 2.62. The molecule has 0 aromatic rings. The second kappa shape index (κ2) is 3.08. The summed E-state index contributed by atoms with van der Waals surface area (Å²) in [7, 11) is 0. The fourth-order valence-electron chi connectivity index (χ4n) is 2.96. The van der Waals surface area contributed by atoms with Gasteiger partial charge in [0.05, 0.1) is 0 Å². The molecule has 66 valence electrons. The Hall–Kier alpha value is -0.520. The van der Waals surface area contributed by atoms with Crippen molar-refractivity contribution in [1.29, 1.82) is 0 Å². The zero-order chi connectivity index (χ0) is 8.55. The van der Waals surface area contributed by atoms with Crippen LogP contribution in [0.2, 0.25) is 0 Å². The Labute approximate surface area is 75.4 Å². The fraction of sp³-hybridized carbons (Fsp3) is 0.667. The van der Waals surface area contributed by atoms with E-state index in [9.17, 15) is 0 Å². The zero-order valence-corrected chi connectivity index (χ0v) is 7.87. The quantitative estimate of drug-likeness (QED) is 0.558. The molecule has 2 bridgehead atoms. The molecule has 0 saturated heterocycles. The highest BCUT2D eigenvalue weighted by Crippen LogP contribution is 2.49. The van der Waals surface area contributed by atoms with E-state index < -0.39 is 0 Å². The zero-order valence-electron chi connectivity index (χ0n) is 7.87. The molecule has 0 heterocycles. The first-order chi connectivity index (χ1) is 5.83. The summed E-state index contributed by atoms with van der Waals surface area (Å²) in [4.78, 5) is 0. The molecule has 0 nitrogen and oxygen atoms in total. The van der Waals surface area contributed by atoms with Gasteiger partial charge in [0, 0.05) is 0 Å². The van der Waals surface area contributed by atoms with E-state index in [2.05, 4.69) is 31.7 Å². The maximum Gasteiger partial charge on any atom is -0.0196 e. The van der Waals surface area contributed by atoms with Crippen molar-refractivity contribution in [2.45, 2.75) is 26.2 Å². The molecular weight excluding hydrogens is 144 g/mol. The van der Waals surface area contributed by atoms with Crippen LogP contribution in [-0.4, -0.2) is 0 Å². The molecule has 0 aromatic heterocycles. The van der Waals surface area contributed by atoms with Crippen molar-refractivity contribution in [2.24, 2.45) is 23.7 Å². The molecule has 0 aromatic carbocycles. The van der Waals surface area contributed by atoms with Gasteiger partial charge in [0.15, 0.2) is 0 Å². The number of hydrogen-bond acceptors (Lipinski definition) is 0. The van der Waals surface area contributed by atoms with Gasteiger partial charge in [-0.05, 0) is 42.9 Å². The molecule has 0 heteroatoms. The molecule has 0 amide bonds. The van der Waals surface area contributed by atoms with Gasteiger partial charge < -0.3 is 0 Å². The summed E-state index contributed by atoms with van der Waals surface area (Å²) in [5.74, 6) is 3.70. The second-order valence-corrected chi connectivity index (χ2v) is 4.34. The fourth-order valence-corrected chi connectivity index (χ4v) is 2.96. The van der Waals surface area contributed by atoms with Crippen LogP contribution in [0.15, 0.2) is 24.8 Å². The third-order valence-corrected chi connectivity index (χ3v) is 3.75. The van der Waals surface area contributed by atoms with E-state index in [1.165, 1.54) is 19.3 Å². The van der Waals surface area contributed by atoms with Crippen molar-refractivity contribution < 1.29 is 0 Å². The Balaban J connectivity index is 1.98. The van der Waals surface area contributed by atoms with E-state index in [-0.39, 0.29) is 0 Å². The first-order valence-electron chi connectivity index (χ1n) is 5.12. The molecular formula is C12H18. The van der Waals surface area contributed by atoms with E-state index in [0.717, 1.165) is 23.7 Å². The molecule has 1 fully saturated rings. The minimum atomic E-state index is 0.907. The largest absolute Gasteiger partial charge is 0.103 e. The maximum atomic E-state index is 3.79. The van der Waals surface area contributed by atoms with Crippen LogP contribution in [0.4, 0.5) is 0 Å². The highest BCUT2D eigenvalue weighted by molar-refractivity contribution is 5.12. The summed E-state index contributed by atoms with van der Waals surface area (Å²) in [6.07, 6.45) is 10.9. The maximum absolute atomic E-state index is 3.79. The molecule has 1 saturated carbocycles. The first kappa shape index (κ1) is 8.10. The van der Waals surface area contributed by atoms with Gasteiger partial charge >= 0.3 is 0 Å². The SMILES string of the molecule is C=CCCC1C2C=CC(C2)C1C.